The summed E-state index contributed by atoms with van der Waals surface area (Å²) in [6, 6.07) is 6.36. The highest BCUT2D eigenvalue weighted by Gasteiger charge is 2.11. The lowest BCUT2D eigenvalue weighted by Gasteiger charge is -2.07. The molecule has 0 heterocycles. The van der Waals surface area contributed by atoms with E-state index in [1.165, 1.54) is 0 Å². The minimum Gasteiger partial charge on any atom is -0.497 e. The summed E-state index contributed by atoms with van der Waals surface area (Å²) >= 11 is 0. The summed E-state index contributed by atoms with van der Waals surface area (Å²) in [5, 5.41) is 8.61. The van der Waals surface area contributed by atoms with Gasteiger partial charge in [0.25, 0.3) is 0 Å². The number of carboxylic acids is 1. The molecule has 0 aliphatic heterocycles. The number of methoxy groups -OCH3 is 1. The van der Waals surface area contributed by atoms with E-state index in [9.17, 15) is 4.79 Å². The molecule has 0 aliphatic carbocycles. The molecule has 0 unspecified atom stereocenters. The zero-order chi connectivity index (χ0) is 10.6. The number of carbonyl (C=O) groups is 1. The third-order valence-electron chi connectivity index (χ3n) is 1.91. The van der Waals surface area contributed by atoms with Crippen LogP contribution in [-0.2, 0) is 11.2 Å². The van der Waals surface area contributed by atoms with Crippen LogP contribution in [0, 0.1) is 0 Å². The molecule has 3 N–H and O–H groups in total. The molecule has 1 aromatic rings. The molecule has 14 heavy (non-hydrogen) atoms. The van der Waals surface area contributed by atoms with E-state index in [1.54, 1.807) is 19.2 Å². The highest BCUT2D eigenvalue weighted by Crippen LogP contribution is 2.13. The molecule has 0 saturated heterocycles. The Morgan fingerprint density at radius 2 is 2.36 bits per heavy atom. The van der Waals surface area contributed by atoms with Crippen molar-refractivity contribution in [2.24, 2.45) is 5.73 Å². The van der Waals surface area contributed by atoms with E-state index in [0.717, 1.165) is 5.56 Å². The second-order valence-corrected chi connectivity index (χ2v) is 3.00. The van der Waals surface area contributed by atoms with Gasteiger partial charge in [-0.05, 0) is 24.1 Å². The molecule has 0 fully saturated rings. The van der Waals surface area contributed by atoms with Crippen LogP contribution in [0.4, 0.5) is 0 Å². The maximum atomic E-state index is 10.5. The van der Waals surface area contributed by atoms with Crippen LogP contribution in [0.2, 0.25) is 0 Å². The van der Waals surface area contributed by atoms with Crippen molar-refractivity contribution in [2.45, 2.75) is 12.5 Å². The van der Waals surface area contributed by atoms with Crippen molar-refractivity contribution < 1.29 is 14.6 Å². The topological polar surface area (TPSA) is 72.5 Å². The zero-order valence-electron chi connectivity index (χ0n) is 7.93. The van der Waals surface area contributed by atoms with Crippen LogP contribution in [0.25, 0.3) is 0 Å². The maximum Gasteiger partial charge on any atom is 0.320 e. The van der Waals surface area contributed by atoms with Crippen molar-refractivity contribution >= 4 is 5.97 Å². The first kappa shape index (κ1) is 10.5. The lowest BCUT2D eigenvalue weighted by atomic mass is 10.1. The van der Waals surface area contributed by atoms with Gasteiger partial charge in [0.05, 0.1) is 7.11 Å². The summed E-state index contributed by atoms with van der Waals surface area (Å²) in [6.07, 6.45) is 0.312. The SMILES string of the molecule is COc1cccc(C[C@@H](N)C(=O)O)c1. The van der Waals surface area contributed by atoms with Gasteiger partial charge >= 0.3 is 5.97 Å². The number of ether oxygens (including phenoxy) is 1. The predicted octanol–water partition coefficient (Wildman–Crippen LogP) is 0.650. The Morgan fingerprint density at radius 3 is 2.93 bits per heavy atom. The average Bonchev–Trinajstić information content (AvgIpc) is 2.18. The first-order chi connectivity index (χ1) is 6.63. The van der Waals surface area contributed by atoms with Crippen LogP contribution >= 0.6 is 0 Å². The van der Waals surface area contributed by atoms with Crippen molar-refractivity contribution in [3.63, 3.8) is 0 Å². The minimum atomic E-state index is -0.993. The first-order valence-electron chi connectivity index (χ1n) is 4.25. The molecule has 0 aliphatic rings. The van der Waals surface area contributed by atoms with E-state index in [1.807, 2.05) is 12.1 Å². The van der Waals surface area contributed by atoms with Gasteiger partial charge in [-0.25, -0.2) is 0 Å². The number of benzene rings is 1. The van der Waals surface area contributed by atoms with Gasteiger partial charge in [-0.15, -0.1) is 0 Å². The molecule has 1 atom stereocenters. The molecular weight excluding hydrogens is 182 g/mol. The maximum absolute atomic E-state index is 10.5. The Balaban J connectivity index is 2.71. The molecule has 0 amide bonds. The van der Waals surface area contributed by atoms with E-state index >= 15 is 0 Å². The van der Waals surface area contributed by atoms with Crippen molar-refractivity contribution in [1.29, 1.82) is 0 Å². The number of nitrogens with two attached hydrogens (primary N) is 1. The standard InChI is InChI=1S/C10H13NO3/c1-14-8-4-2-3-7(5-8)6-9(11)10(12)13/h2-5,9H,6,11H2,1H3,(H,12,13)/t9-/m1/s1. The normalized spacial score (nSPS) is 12.1. The van der Waals surface area contributed by atoms with Gasteiger partial charge in [-0.2, -0.15) is 0 Å². The highest BCUT2D eigenvalue weighted by atomic mass is 16.5. The second-order valence-electron chi connectivity index (χ2n) is 3.00. The monoisotopic (exact) mass is 195 g/mol. The van der Waals surface area contributed by atoms with E-state index in [-0.39, 0.29) is 0 Å². The summed E-state index contributed by atoms with van der Waals surface area (Å²) in [4.78, 5) is 10.5. The van der Waals surface area contributed by atoms with Gasteiger partial charge in [0.1, 0.15) is 11.8 Å². The summed E-state index contributed by atoms with van der Waals surface area (Å²) in [5.74, 6) is -0.284. The van der Waals surface area contributed by atoms with E-state index in [0.29, 0.717) is 12.2 Å². The molecule has 1 aromatic carbocycles. The number of rotatable bonds is 4. The quantitative estimate of drug-likeness (QED) is 0.739. The van der Waals surface area contributed by atoms with E-state index in [4.69, 9.17) is 15.6 Å². The molecule has 4 heteroatoms. The summed E-state index contributed by atoms with van der Waals surface area (Å²) in [6.45, 7) is 0. The van der Waals surface area contributed by atoms with Gasteiger partial charge < -0.3 is 15.6 Å². The molecule has 0 aromatic heterocycles. The first-order valence-corrected chi connectivity index (χ1v) is 4.25. The molecule has 0 radical (unpaired) electrons. The zero-order valence-corrected chi connectivity index (χ0v) is 7.93. The van der Waals surface area contributed by atoms with Crippen LogP contribution in [-0.4, -0.2) is 24.2 Å². The third kappa shape index (κ3) is 2.74. The Hall–Kier alpha value is -1.55. The average molecular weight is 195 g/mol. The van der Waals surface area contributed by atoms with Crippen molar-refractivity contribution in [1.82, 2.24) is 0 Å². The summed E-state index contributed by atoms with van der Waals surface area (Å²) < 4.78 is 5.01. The summed E-state index contributed by atoms with van der Waals surface area (Å²) in [7, 11) is 1.57. The molecule has 0 saturated carbocycles. The van der Waals surface area contributed by atoms with Crippen LogP contribution in [0.15, 0.2) is 24.3 Å². The van der Waals surface area contributed by atoms with Gasteiger partial charge in [-0.3, -0.25) is 4.79 Å². The Kier molecular flexibility index (Phi) is 3.48. The summed E-state index contributed by atoms with van der Waals surface area (Å²) in [5.41, 5.74) is 6.26. The lowest BCUT2D eigenvalue weighted by molar-refractivity contribution is -0.138. The third-order valence-corrected chi connectivity index (χ3v) is 1.91. The van der Waals surface area contributed by atoms with Crippen molar-refractivity contribution in [3.8, 4) is 5.75 Å². The van der Waals surface area contributed by atoms with Crippen molar-refractivity contribution in [3.05, 3.63) is 29.8 Å². The number of hydrogen-bond donors (Lipinski definition) is 2. The van der Waals surface area contributed by atoms with Crippen LogP contribution < -0.4 is 10.5 Å². The fourth-order valence-electron chi connectivity index (χ4n) is 1.14. The predicted molar refractivity (Wildman–Crippen MR) is 52.3 cm³/mol. The van der Waals surface area contributed by atoms with E-state index < -0.39 is 12.0 Å². The molecule has 1 rings (SSSR count). The molecule has 0 bridgehead atoms. The molecular formula is C10H13NO3. The minimum absolute atomic E-state index is 0.312. The lowest BCUT2D eigenvalue weighted by Crippen LogP contribution is -2.32. The fraction of sp³-hybridized carbons (Fsp3) is 0.300. The number of hydrogen-bond acceptors (Lipinski definition) is 3. The van der Waals surface area contributed by atoms with Gasteiger partial charge in [-0.1, -0.05) is 12.1 Å². The van der Waals surface area contributed by atoms with Gasteiger partial charge in [0.15, 0.2) is 0 Å². The van der Waals surface area contributed by atoms with Gasteiger partial charge in [0, 0.05) is 0 Å². The molecule has 0 spiro atoms. The Bertz CT molecular complexity index is 325. The molecule has 76 valence electrons. The smallest absolute Gasteiger partial charge is 0.320 e. The number of carboxylic acid groups (broad SMARTS) is 1. The largest absolute Gasteiger partial charge is 0.497 e. The van der Waals surface area contributed by atoms with Gasteiger partial charge in [0.2, 0.25) is 0 Å². The second kappa shape index (κ2) is 4.62. The van der Waals surface area contributed by atoms with Crippen LogP contribution in [0.1, 0.15) is 5.56 Å². The van der Waals surface area contributed by atoms with E-state index in [2.05, 4.69) is 0 Å². The Morgan fingerprint density at radius 1 is 1.64 bits per heavy atom. The Labute approximate surface area is 82.3 Å². The van der Waals surface area contributed by atoms with Crippen molar-refractivity contribution in [2.75, 3.05) is 7.11 Å². The molecule has 4 nitrogen and oxygen atoms in total. The number of aliphatic carboxylic acids is 1. The highest BCUT2D eigenvalue weighted by molar-refractivity contribution is 5.73. The van der Waals surface area contributed by atoms with Crippen LogP contribution in [0.5, 0.6) is 5.75 Å². The fourth-order valence-corrected chi connectivity index (χ4v) is 1.14. The van der Waals surface area contributed by atoms with Crippen LogP contribution in [0.3, 0.4) is 0 Å².